The number of benzene rings is 1. The number of hydrogen-bond donors (Lipinski definition) is 1. The van der Waals surface area contributed by atoms with Crippen LogP contribution in [0.5, 0.6) is 0 Å². The Morgan fingerprint density at radius 3 is 2.50 bits per heavy atom. The van der Waals surface area contributed by atoms with E-state index in [1.54, 1.807) is 0 Å². The van der Waals surface area contributed by atoms with Gasteiger partial charge in [0.1, 0.15) is 0 Å². The first kappa shape index (κ1) is 11.1. The summed E-state index contributed by atoms with van der Waals surface area (Å²) in [5, 5.41) is 10.1. The van der Waals surface area contributed by atoms with Crippen LogP contribution in [-0.2, 0) is 4.74 Å². The molecule has 0 aliphatic heterocycles. The predicted molar refractivity (Wildman–Crippen MR) is 64.8 cm³/mol. The number of aliphatic hydroxyl groups is 1. The second-order valence-electron chi connectivity index (χ2n) is 4.05. The van der Waals surface area contributed by atoms with Gasteiger partial charge in [0.15, 0.2) is 5.79 Å². The maximum Gasteiger partial charge on any atom is 0.191 e. The molecule has 2 rings (SSSR count). The second-order valence-corrected chi connectivity index (χ2v) is 4.05. The molecule has 1 atom stereocenters. The number of hydrogen-bond acceptors (Lipinski definition) is 2. The van der Waals surface area contributed by atoms with Crippen molar-refractivity contribution in [2.75, 3.05) is 7.11 Å². The van der Waals surface area contributed by atoms with Crippen LogP contribution in [0.4, 0.5) is 0 Å². The molecule has 2 heteroatoms. The van der Waals surface area contributed by atoms with Gasteiger partial charge in [-0.2, -0.15) is 0 Å². The van der Waals surface area contributed by atoms with E-state index in [0.29, 0.717) is 6.42 Å². The molecule has 16 heavy (non-hydrogen) atoms. The van der Waals surface area contributed by atoms with Crippen molar-refractivity contribution in [2.45, 2.75) is 19.1 Å². The molecule has 0 spiro atoms. The molecular weight excluding hydrogens is 200 g/mol. The van der Waals surface area contributed by atoms with Crippen molar-refractivity contribution in [3.63, 3.8) is 0 Å². The molecule has 0 fully saturated rings. The van der Waals surface area contributed by atoms with Crippen LogP contribution in [0.2, 0.25) is 0 Å². The molecule has 0 radical (unpaired) electrons. The van der Waals surface area contributed by atoms with Crippen molar-refractivity contribution >= 4 is 5.57 Å². The van der Waals surface area contributed by atoms with Gasteiger partial charge >= 0.3 is 0 Å². The Balaban J connectivity index is 2.30. The Morgan fingerprint density at radius 1 is 1.25 bits per heavy atom. The standard InChI is InChI=1S/C14H16O2/c1-11-10-13(8-9-14(11,15)16-2)12-6-4-3-5-7-12/h3-8,10,15H,9H2,1-2H3. The Morgan fingerprint density at radius 2 is 1.94 bits per heavy atom. The van der Waals surface area contributed by atoms with Gasteiger partial charge in [0.2, 0.25) is 0 Å². The normalized spacial score (nSPS) is 24.9. The van der Waals surface area contributed by atoms with Crippen molar-refractivity contribution < 1.29 is 9.84 Å². The Hall–Kier alpha value is -1.38. The highest BCUT2D eigenvalue weighted by molar-refractivity contribution is 5.76. The van der Waals surface area contributed by atoms with Gasteiger partial charge in [-0.05, 0) is 23.6 Å². The summed E-state index contributed by atoms with van der Waals surface area (Å²) in [6.45, 7) is 1.89. The lowest BCUT2D eigenvalue weighted by atomic mass is 9.91. The molecule has 0 heterocycles. The molecule has 1 aromatic rings. The number of allylic oxidation sites excluding steroid dienone is 2. The van der Waals surface area contributed by atoms with Crippen molar-refractivity contribution in [3.05, 3.63) is 53.6 Å². The van der Waals surface area contributed by atoms with E-state index in [4.69, 9.17) is 4.74 Å². The third kappa shape index (κ3) is 1.94. The van der Waals surface area contributed by atoms with E-state index in [0.717, 1.165) is 11.1 Å². The maximum atomic E-state index is 10.1. The third-order valence-corrected chi connectivity index (χ3v) is 3.03. The van der Waals surface area contributed by atoms with Crippen molar-refractivity contribution in [2.24, 2.45) is 0 Å². The minimum atomic E-state index is -1.13. The fourth-order valence-corrected chi connectivity index (χ4v) is 1.89. The van der Waals surface area contributed by atoms with Gasteiger partial charge in [-0.25, -0.2) is 0 Å². The summed E-state index contributed by atoms with van der Waals surface area (Å²) in [6, 6.07) is 10.1. The highest BCUT2D eigenvalue weighted by Gasteiger charge is 2.30. The molecule has 0 amide bonds. The zero-order valence-electron chi connectivity index (χ0n) is 9.60. The molecule has 0 bridgehead atoms. The summed E-state index contributed by atoms with van der Waals surface area (Å²) < 4.78 is 5.12. The van der Waals surface area contributed by atoms with E-state index in [1.807, 2.05) is 37.3 Å². The van der Waals surface area contributed by atoms with E-state index < -0.39 is 5.79 Å². The third-order valence-electron chi connectivity index (χ3n) is 3.03. The summed E-state index contributed by atoms with van der Waals surface area (Å²) in [7, 11) is 1.53. The predicted octanol–water partition coefficient (Wildman–Crippen LogP) is 2.76. The molecule has 1 N–H and O–H groups in total. The zero-order chi connectivity index (χ0) is 11.6. The van der Waals surface area contributed by atoms with E-state index >= 15 is 0 Å². The van der Waals surface area contributed by atoms with Crippen LogP contribution < -0.4 is 0 Å². The number of methoxy groups -OCH3 is 1. The van der Waals surface area contributed by atoms with Crippen LogP contribution in [0.15, 0.2) is 48.1 Å². The molecule has 1 aromatic carbocycles. The topological polar surface area (TPSA) is 29.5 Å². The summed E-state index contributed by atoms with van der Waals surface area (Å²) in [5.74, 6) is -1.13. The smallest absolute Gasteiger partial charge is 0.191 e. The van der Waals surface area contributed by atoms with Crippen LogP contribution in [0.3, 0.4) is 0 Å². The molecule has 2 nitrogen and oxygen atoms in total. The lowest BCUT2D eigenvalue weighted by Crippen LogP contribution is -2.33. The summed E-state index contributed by atoms with van der Waals surface area (Å²) >= 11 is 0. The van der Waals surface area contributed by atoms with Crippen molar-refractivity contribution in [1.82, 2.24) is 0 Å². The van der Waals surface area contributed by atoms with Gasteiger partial charge in [0, 0.05) is 13.5 Å². The average Bonchev–Trinajstić information content (AvgIpc) is 2.34. The molecule has 0 saturated carbocycles. The molecule has 0 aromatic heterocycles. The lowest BCUT2D eigenvalue weighted by molar-refractivity contribution is -0.152. The zero-order valence-corrected chi connectivity index (χ0v) is 9.60. The van der Waals surface area contributed by atoms with Crippen LogP contribution in [-0.4, -0.2) is 18.0 Å². The van der Waals surface area contributed by atoms with E-state index in [9.17, 15) is 5.11 Å². The van der Waals surface area contributed by atoms with Gasteiger partial charge in [-0.3, -0.25) is 0 Å². The fraction of sp³-hybridized carbons (Fsp3) is 0.286. The highest BCUT2D eigenvalue weighted by atomic mass is 16.6. The summed E-state index contributed by atoms with van der Waals surface area (Å²) in [6.07, 6.45) is 4.48. The van der Waals surface area contributed by atoms with E-state index in [1.165, 1.54) is 12.7 Å². The van der Waals surface area contributed by atoms with Crippen LogP contribution in [0.25, 0.3) is 5.57 Å². The molecular formula is C14H16O2. The first-order valence-electron chi connectivity index (χ1n) is 5.37. The largest absolute Gasteiger partial charge is 0.362 e. The van der Waals surface area contributed by atoms with Gasteiger partial charge in [-0.15, -0.1) is 0 Å². The minimum Gasteiger partial charge on any atom is -0.362 e. The molecule has 84 valence electrons. The molecule has 1 unspecified atom stereocenters. The molecule has 0 saturated heterocycles. The van der Waals surface area contributed by atoms with E-state index in [2.05, 4.69) is 12.1 Å². The molecule has 1 aliphatic carbocycles. The Bertz CT molecular complexity index is 431. The van der Waals surface area contributed by atoms with E-state index in [-0.39, 0.29) is 0 Å². The van der Waals surface area contributed by atoms with Crippen molar-refractivity contribution in [3.8, 4) is 0 Å². The van der Waals surface area contributed by atoms with Gasteiger partial charge in [-0.1, -0.05) is 42.5 Å². The fourth-order valence-electron chi connectivity index (χ4n) is 1.89. The average molecular weight is 216 g/mol. The minimum absolute atomic E-state index is 0.496. The first-order valence-corrected chi connectivity index (χ1v) is 5.37. The second kappa shape index (κ2) is 4.24. The Kier molecular flexibility index (Phi) is 2.95. The lowest BCUT2D eigenvalue weighted by Gasteiger charge is -2.29. The van der Waals surface area contributed by atoms with Crippen LogP contribution >= 0.6 is 0 Å². The summed E-state index contributed by atoms with van der Waals surface area (Å²) in [4.78, 5) is 0. The van der Waals surface area contributed by atoms with Gasteiger partial charge in [0.25, 0.3) is 0 Å². The van der Waals surface area contributed by atoms with Crippen molar-refractivity contribution in [1.29, 1.82) is 0 Å². The van der Waals surface area contributed by atoms with Crippen LogP contribution in [0, 0.1) is 0 Å². The number of rotatable bonds is 2. The quantitative estimate of drug-likeness (QED) is 0.770. The van der Waals surface area contributed by atoms with Crippen LogP contribution in [0.1, 0.15) is 18.9 Å². The molecule has 1 aliphatic rings. The highest BCUT2D eigenvalue weighted by Crippen LogP contribution is 2.32. The number of ether oxygens (including phenoxy) is 1. The SMILES string of the molecule is COC1(O)CC=C(c2ccccc2)C=C1C. The van der Waals surface area contributed by atoms with Gasteiger partial charge < -0.3 is 9.84 Å². The summed E-state index contributed by atoms with van der Waals surface area (Å²) in [5.41, 5.74) is 3.15. The van der Waals surface area contributed by atoms with Gasteiger partial charge in [0.05, 0.1) is 0 Å². The monoisotopic (exact) mass is 216 g/mol. The Labute approximate surface area is 95.9 Å². The first-order chi connectivity index (χ1) is 7.65. The maximum absolute atomic E-state index is 10.1.